The molecule has 0 aliphatic heterocycles. The van der Waals surface area contributed by atoms with Crippen LogP contribution < -0.4 is 10.6 Å². The van der Waals surface area contributed by atoms with E-state index in [0.717, 1.165) is 32.1 Å². The topological polar surface area (TPSA) is 54.0 Å². The molecule has 5 rings (SSSR count). The molecule has 2 N–H and O–H groups in total. The zero-order chi connectivity index (χ0) is 17.7. The maximum atomic E-state index is 12.9. The van der Waals surface area contributed by atoms with Gasteiger partial charge in [-0.25, -0.2) is 4.98 Å². The summed E-state index contributed by atoms with van der Waals surface area (Å²) in [4.78, 5) is 16.9. The second-order valence-corrected chi connectivity index (χ2v) is 9.70. The van der Waals surface area contributed by atoms with Gasteiger partial charge in [0.2, 0.25) is 5.91 Å². The van der Waals surface area contributed by atoms with Gasteiger partial charge in [-0.05, 0) is 56.4 Å². The third kappa shape index (κ3) is 3.45. The SMILES string of the molecule is O=C(NCCNc1ncc(Cl)cc1Cl)C12C[C@H]3C[C@@H](CC(Cl)(C3)C1)C2. The third-order valence-corrected chi connectivity index (χ3v) is 6.92. The molecular formula is C18H22Cl3N3O. The van der Waals surface area contributed by atoms with Crippen LogP contribution in [0.5, 0.6) is 0 Å². The summed E-state index contributed by atoms with van der Waals surface area (Å²) in [6.45, 7) is 1.10. The summed E-state index contributed by atoms with van der Waals surface area (Å²) in [7, 11) is 0. The summed E-state index contributed by atoms with van der Waals surface area (Å²) in [5.74, 6) is 2.00. The van der Waals surface area contributed by atoms with Gasteiger partial charge >= 0.3 is 0 Å². The first-order valence-electron chi connectivity index (χ1n) is 8.90. The van der Waals surface area contributed by atoms with Gasteiger partial charge in [0.25, 0.3) is 0 Å². The first-order valence-corrected chi connectivity index (χ1v) is 10.0. The van der Waals surface area contributed by atoms with Crippen LogP contribution in [-0.4, -0.2) is 28.9 Å². The van der Waals surface area contributed by atoms with E-state index in [0.29, 0.717) is 40.8 Å². The van der Waals surface area contributed by atoms with Crippen LogP contribution in [0.1, 0.15) is 38.5 Å². The number of aromatic nitrogens is 1. The van der Waals surface area contributed by atoms with Gasteiger partial charge < -0.3 is 10.6 Å². The minimum Gasteiger partial charge on any atom is -0.367 e. The highest BCUT2D eigenvalue weighted by Crippen LogP contribution is 2.63. The van der Waals surface area contributed by atoms with Gasteiger partial charge in [0, 0.05) is 24.2 Å². The summed E-state index contributed by atoms with van der Waals surface area (Å²) in [5, 5.41) is 7.21. The second-order valence-electron chi connectivity index (χ2n) is 8.06. The van der Waals surface area contributed by atoms with E-state index in [-0.39, 0.29) is 16.2 Å². The van der Waals surface area contributed by atoms with Crippen molar-refractivity contribution >= 4 is 46.5 Å². The molecule has 4 nitrogen and oxygen atoms in total. The van der Waals surface area contributed by atoms with Crippen molar-refractivity contribution < 1.29 is 4.79 Å². The van der Waals surface area contributed by atoms with Gasteiger partial charge in [0.05, 0.1) is 15.5 Å². The zero-order valence-corrected chi connectivity index (χ0v) is 16.2. The lowest BCUT2D eigenvalue weighted by Crippen LogP contribution is -2.58. The molecule has 1 aromatic rings. The smallest absolute Gasteiger partial charge is 0.226 e. The highest BCUT2D eigenvalue weighted by Gasteiger charge is 2.59. The normalized spacial score (nSPS) is 35.6. The minimum atomic E-state index is -0.248. The Bertz CT molecular complexity index is 682. The van der Waals surface area contributed by atoms with Gasteiger partial charge in [-0.15, -0.1) is 11.6 Å². The number of nitrogens with zero attached hydrogens (tertiary/aromatic N) is 1. The van der Waals surface area contributed by atoms with E-state index < -0.39 is 0 Å². The average molecular weight is 403 g/mol. The molecule has 25 heavy (non-hydrogen) atoms. The molecule has 7 heteroatoms. The largest absolute Gasteiger partial charge is 0.367 e. The van der Waals surface area contributed by atoms with Crippen LogP contribution in [0, 0.1) is 17.3 Å². The van der Waals surface area contributed by atoms with Crippen molar-refractivity contribution in [2.24, 2.45) is 17.3 Å². The van der Waals surface area contributed by atoms with E-state index in [1.165, 1.54) is 6.42 Å². The van der Waals surface area contributed by atoms with Crippen molar-refractivity contribution in [2.75, 3.05) is 18.4 Å². The number of hydrogen-bond acceptors (Lipinski definition) is 3. The Hall–Kier alpha value is -0.710. The van der Waals surface area contributed by atoms with Crippen molar-refractivity contribution in [3.8, 4) is 0 Å². The number of carbonyl (C=O) groups is 1. The lowest BCUT2D eigenvalue weighted by molar-refractivity contribution is -0.144. The van der Waals surface area contributed by atoms with Crippen LogP contribution in [0.3, 0.4) is 0 Å². The maximum Gasteiger partial charge on any atom is 0.226 e. The van der Waals surface area contributed by atoms with E-state index >= 15 is 0 Å². The molecule has 0 spiro atoms. The lowest BCUT2D eigenvalue weighted by atomic mass is 9.49. The fraction of sp³-hybridized carbons (Fsp3) is 0.667. The number of halogens is 3. The van der Waals surface area contributed by atoms with Crippen molar-refractivity contribution in [3.05, 3.63) is 22.3 Å². The van der Waals surface area contributed by atoms with Gasteiger partial charge in [0.15, 0.2) is 0 Å². The quantitative estimate of drug-likeness (QED) is 0.563. The standard InChI is InChI=1S/C18H22Cl3N3O/c19-13-4-14(20)15(24-9-13)22-1-2-23-16(25)17-5-11-3-12(6-17)8-18(21,7-11)10-17/h4,9,11-12H,1-3,5-8,10H2,(H,22,24)(H,23,25)/t11-,12-,17?,18?/m1/s1. The Morgan fingerprint density at radius 1 is 1.20 bits per heavy atom. The molecule has 1 heterocycles. The molecule has 0 saturated heterocycles. The van der Waals surface area contributed by atoms with Crippen LogP contribution in [-0.2, 0) is 4.79 Å². The molecule has 1 aromatic heterocycles. The van der Waals surface area contributed by atoms with Crippen LogP contribution in [0.2, 0.25) is 10.0 Å². The number of nitrogens with one attached hydrogen (secondary N) is 2. The monoisotopic (exact) mass is 401 g/mol. The number of amides is 1. The third-order valence-electron chi connectivity index (χ3n) is 5.98. The fourth-order valence-electron chi connectivity index (χ4n) is 5.51. The predicted octanol–water partition coefficient (Wildman–Crippen LogP) is 4.49. The molecule has 1 amide bonds. The van der Waals surface area contributed by atoms with Crippen molar-refractivity contribution in [1.29, 1.82) is 0 Å². The summed E-state index contributed by atoms with van der Waals surface area (Å²) in [5.41, 5.74) is -0.248. The maximum absolute atomic E-state index is 12.9. The fourth-order valence-corrected chi connectivity index (χ4v) is 6.64. The van der Waals surface area contributed by atoms with Crippen LogP contribution in [0.25, 0.3) is 0 Å². The molecule has 2 atom stereocenters. The molecule has 4 aliphatic carbocycles. The van der Waals surface area contributed by atoms with E-state index in [1.807, 2.05) is 0 Å². The highest BCUT2D eigenvalue weighted by atomic mass is 35.5. The average Bonchev–Trinajstić information content (AvgIpc) is 2.50. The zero-order valence-electron chi connectivity index (χ0n) is 14.0. The van der Waals surface area contributed by atoms with Crippen LogP contribution in [0.4, 0.5) is 5.82 Å². The lowest BCUT2D eigenvalue weighted by Gasteiger charge is -2.59. The van der Waals surface area contributed by atoms with E-state index in [1.54, 1.807) is 12.3 Å². The molecule has 136 valence electrons. The molecule has 4 saturated carbocycles. The first kappa shape index (κ1) is 17.7. The van der Waals surface area contributed by atoms with Gasteiger partial charge in [-0.2, -0.15) is 0 Å². The highest BCUT2D eigenvalue weighted by molar-refractivity contribution is 6.35. The number of carbonyl (C=O) groups excluding carboxylic acids is 1. The van der Waals surface area contributed by atoms with E-state index in [2.05, 4.69) is 15.6 Å². The summed E-state index contributed by atoms with van der Waals surface area (Å²) < 4.78 is 0. The molecular weight excluding hydrogens is 381 g/mol. The Morgan fingerprint density at radius 3 is 2.56 bits per heavy atom. The van der Waals surface area contributed by atoms with Crippen molar-refractivity contribution in [1.82, 2.24) is 10.3 Å². The summed E-state index contributed by atoms with van der Waals surface area (Å²) >= 11 is 18.7. The van der Waals surface area contributed by atoms with Gasteiger partial charge in [-0.3, -0.25) is 4.79 Å². The molecule has 0 unspecified atom stereocenters. The molecule has 0 radical (unpaired) electrons. The Kier molecular flexibility index (Phi) is 4.58. The Labute approximate surface area is 163 Å². The van der Waals surface area contributed by atoms with E-state index in [4.69, 9.17) is 34.8 Å². The van der Waals surface area contributed by atoms with Gasteiger partial charge in [0.1, 0.15) is 5.82 Å². The van der Waals surface area contributed by atoms with Crippen molar-refractivity contribution in [2.45, 2.75) is 43.4 Å². The number of anilines is 1. The second kappa shape index (κ2) is 6.47. The Morgan fingerprint density at radius 2 is 1.92 bits per heavy atom. The molecule has 4 aliphatic rings. The number of rotatable bonds is 5. The van der Waals surface area contributed by atoms with Gasteiger partial charge in [-0.1, -0.05) is 23.2 Å². The number of pyridine rings is 1. The number of hydrogen-bond donors (Lipinski definition) is 2. The summed E-state index contributed by atoms with van der Waals surface area (Å²) in [6, 6.07) is 1.65. The first-order chi connectivity index (χ1) is 11.9. The minimum absolute atomic E-state index is 0.138. The number of alkyl halides is 1. The predicted molar refractivity (Wildman–Crippen MR) is 101 cm³/mol. The van der Waals surface area contributed by atoms with E-state index in [9.17, 15) is 4.79 Å². The van der Waals surface area contributed by atoms with Crippen LogP contribution >= 0.6 is 34.8 Å². The Balaban J connectivity index is 1.32. The van der Waals surface area contributed by atoms with Crippen LogP contribution in [0.15, 0.2) is 12.3 Å². The molecule has 0 aromatic carbocycles. The molecule has 4 bridgehead atoms. The molecule has 4 fully saturated rings. The van der Waals surface area contributed by atoms with Crippen molar-refractivity contribution in [3.63, 3.8) is 0 Å². The summed E-state index contributed by atoms with van der Waals surface area (Å²) in [6.07, 6.45) is 7.81.